The average Bonchev–Trinajstić information content (AvgIpc) is 3.03. The fraction of sp³-hybridized carbons (Fsp3) is 0.545. The summed E-state index contributed by atoms with van der Waals surface area (Å²) in [6.07, 6.45) is 3.59. The second-order valence-electron chi connectivity index (χ2n) is 11.9. The number of methoxy groups -OCH3 is 1. The van der Waals surface area contributed by atoms with Gasteiger partial charge in [-0.1, -0.05) is 0 Å². The molecule has 2 aliphatic heterocycles. The van der Waals surface area contributed by atoms with Gasteiger partial charge in [0.05, 0.1) is 25.8 Å². The largest absolute Gasteiger partial charge is 0.497 e. The monoisotopic (exact) mass is 603 g/mol. The van der Waals surface area contributed by atoms with E-state index in [9.17, 15) is 18.3 Å². The van der Waals surface area contributed by atoms with Gasteiger partial charge in [-0.2, -0.15) is 0 Å². The summed E-state index contributed by atoms with van der Waals surface area (Å²) in [4.78, 5) is 9.10. The Morgan fingerprint density at radius 1 is 1.02 bits per heavy atom. The second-order valence-corrected chi connectivity index (χ2v) is 11.9. The highest BCUT2D eigenvalue weighted by molar-refractivity contribution is 5.85. The van der Waals surface area contributed by atoms with Crippen LogP contribution in [0.2, 0.25) is 0 Å². The van der Waals surface area contributed by atoms with Crippen molar-refractivity contribution in [3.05, 3.63) is 70.7 Å². The van der Waals surface area contributed by atoms with E-state index in [0.717, 1.165) is 48.7 Å². The number of hydrogen-bond acceptors (Lipinski definition) is 6. The Hall–Kier alpha value is -2.79. The van der Waals surface area contributed by atoms with E-state index < -0.39 is 23.6 Å². The summed E-state index contributed by atoms with van der Waals surface area (Å²) in [7, 11) is 1.59. The van der Waals surface area contributed by atoms with Gasteiger partial charge in [-0.25, -0.2) is 17.6 Å². The van der Waals surface area contributed by atoms with E-state index in [4.69, 9.17) is 9.47 Å². The van der Waals surface area contributed by atoms with Gasteiger partial charge in [-0.05, 0) is 99.0 Å². The van der Waals surface area contributed by atoms with E-state index in [0.29, 0.717) is 69.4 Å². The Morgan fingerprint density at radius 2 is 1.79 bits per heavy atom. The number of aryl methyl sites for hydroxylation is 1. The van der Waals surface area contributed by atoms with Gasteiger partial charge < -0.3 is 19.5 Å². The predicted octanol–water partition coefficient (Wildman–Crippen LogP) is 5.99. The van der Waals surface area contributed by atoms with E-state index in [1.165, 1.54) is 0 Å². The zero-order valence-electron chi connectivity index (χ0n) is 24.8. The van der Waals surface area contributed by atoms with Gasteiger partial charge >= 0.3 is 0 Å². The van der Waals surface area contributed by atoms with E-state index >= 15 is 4.39 Å². The predicted molar refractivity (Wildman–Crippen MR) is 157 cm³/mol. The summed E-state index contributed by atoms with van der Waals surface area (Å²) in [5.41, 5.74) is 1.88. The number of halogens is 4. The zero-order chi connectivity index (χ0) is 30.4. The Bertz CT molecular complexity index is 1380. The van der Waals surface area contributed by atoms with Crippen molar-refractivity contribution in [2.24, 2.45) is 5.41 Å². The van der Waals surface area contributed by atoms with E-state index in [1.54, 1.807) is 13.3 Å². The van der Waals surface area contributed by atoms with E-state index in [2.05, 4.69) is 14.8 Å². The van der Waals surface area contributed by atoms with E-state index in [-0.39, 0.29) is 30.4 Å². The lowest BCUT2D eigenvalue weighted by atomic mass is 9.74. The molecule has 1 N–H and O–H groups in total. The molecule has 1 unspecified atom stereocenters. The van der Waals surface area contributed by atoms with Crippen molar-refractivity contribution in [1.29, 1.82) is 0 Å². The maximum absolute atomic E-state index is 16.4. The number of nitrogens with zero attached hydrogens (tertiary/aromatic N) is 3. The first-order chi connectivity index (χ1) is 20.8. The molecule has 2 fully saturated rings. The van der Waals surface area contributed by atoms with Crippen LogP contribution in [0.25, 0.3) is 10.9 Å². The van der Waals surface area contributed by atoms with Crippen molar-refractivity contribution in [2.45, 2.75) is 51.2 Å². The molecule has 0 bridgehead atoms. The highest BCUT2D eigenvalue weighted by atomic mass is 19.2. The molecule has 0 radical (unpaired) electrons. The molecule has 2 saturated heterocycles. The highest BCUT2D eigenvalue weighted by Crippen LogP contribution is 2.41. The van der Waals surface area contributed by atoms with Crippen LogP contribution >= 0.6 is 0 Å². The third kappa shape index (κ3) is 7.66. The standard InChI is InChI=1S/C33H41F4N3O3/c1-42-26-4-5-30-27(19-26)31(24(20-38-30)21-40-13-15-43-16-14-40)28(35)6-7-33(22-41)8-11-39(12-9-33)10-2-3-23-17-25(34)18-29(36)32(23)37/h4-5,17-20,28,41H,2-3,6-16,21-22H2,1H3. The molecule has 3 aromatic rings. The molecule has 0 spiro atoms. The Kier molecular flexibility index (Phi) is 10.5. The van der Waals surface area contributed by atoms with Crippen LogP contribution in [0.15, 0.2) is 36.5 Å². The van der Waals surface area contributed by atoms with Gasteiger partial charge in [0.2, 0.25) is 0 Å². The van der Waals surface area contributed by atoms with Gasteiger partial charge in [0, 0.05) is 49.5 Å². The summed E-state index contributed by atoms with van der Waals surface area (Å²) in [6, 6.07) is 7.14. The summed E-state index contributed by atoms with van der Waals surface area (Å²) < 4.78 is 68.4. The summed E-state index contributed by atoms with van der Waals surface area (Å²) >= 11 is 0. The first-order valence-corrected chi connectivity index (χ1v) is 15.2. The zero-order valence-corrected chi connectivity index (χ0v) is 24.8. The lowest BCUT2D eigenvalue weighted by molar-refractivity contribution is 0.0293. The number of aliphatic hydroxyl groups excluding tert-OH is 1. The number of aliphatic hydroxyl groups is 1. The van der Waals surface area contributed by atoms with Crippen molar-refractivity contribution in [3.63, 3.8) is 0 Å². The molecule has 2 aromatic carbocycles. The molecule has 1 aromatic heterocycles. The summed E-state index contributed by atoms with van der Waals surface area (Å²) in [6.45, 7) is 5.53. The van der Waals surface area contributed by atoms with Gasteiger partial charge in [0.1, 0.15) is 17.7 Å². The lowest BCUT2D eigenvalue weighted by Gasteiger charge is -2.41. The van der Waals surface area contributed by atoms with Crippen molar-refractivity contribution in [3.8, 4) is 5.75 Å². The smallest absolute Gasteiger partial charge is 0.162 e. The lowest BCUT2D eigenvalue weighted by Crippen LogP contribution is -2.42. The number of aromatic nitrogens is 1. The number of rotatable bonds is 12. The molecule has 10 heteroatoms. The molecule has 43 heavy (non-hydrogen) atoms. The number of morpholine rings is 1. The van der Waals surface area contributed by atoms with E-state index in [1.807, 2.05) is 18.2 Å². The van der Waals surface area contributed by atoms with Gasteiger partial charge in [-0.15, -0.1) is 0 Å². The molecule has 0 amide bonds. The van der Waals surface area contributed by atoms with Crippen molar-refractivity contribution in [1.82, 2.24) is 14.8 Å². The molecule has 2 aliphatic rings. The van der Waals surface area contributed by atoms with Gasteiger partial charge in [0.15, 0.2) is 11.6 Å². The van der Waals surface area contributed by atoms with Gasteiger partial charge in [0.25, 0.3) is 0 Å². The molecule has 6 nitrogen and oxygen atoms in total. The minimum absolute atomic E-state index is 0.0209. The minimum atomic E-state index is -1.24. The molecule has 3 heterocycles. The number of likely N-dealkylation sites (tertiary alicyclic amines) is 1. The van der Waals surface area contributed by atoms with Crippen LogP contribution in [0, 0.1) is 22.9 Å². The SMILES string of the molecule is COc1ccc2ncc(CN3CCOCC3)c(C(F)CCC3(CO)CCN(CCCc4cc(F)cc(F)c4F)CC3)c2c1. The molecule has 0 saturated carbocycles. The van der Waals surface area contributed by atoms with Crippen LogP contribution in [0.4, 0.5) is 17.6 Å². The quantitative estimate of drug-likeness (QED) is 0.203. The Labute approximate surface area is 250 Å². The molecule has 5 rings (SSSR count). The number of fused-ring (bicyclic) bond motifs is 1. The number of hydrogen-bond donors (Lipinski definition) is 1. The third-order valence-electron chi connectivity index (χ3n) is 9.18. The maximum atomic E-state index is 16.4. The topological polar surface area (TPSA) is 58.1 Å². The molecule has 1 atom stereocenters. The number of alkyl halides is 1. The Balaban J connectivity index is 1.22. The summed E-state index contributed by atoms with van der Waals surface area (Å²) in [5, 5.41) is 11.2. The fourth-order valence-corrected chi connectivity index (χ4v) is 6.46. The third-order valence-corrected chi connectivity index (χ3v) is 9.18. The number of pyridine rings is 1. The first kappa shape index (κ1) is 31.6. The maximum Gasteiger partial charge on any atom is 0.162 e. The average molecular weight is 604 g/mol. The second kappa shape index (κ2) is 14.3. The number of ether oxygens (including phenoxy) is 2. The Morgan fingerprint density at radius 3 is 2.51 bits per heavy atom. The summed E-state index contributed by atoms with van der Waals surface area (Å²) in [5.74, 6) is -2.29. The highest BCUT2D eigenvalue weighted by Gasteiger charge is 2.35. The number of piperidine rings is 1. The van der Waals surface area contributed by atoms with Crippen LogP contribution in [0.5, 0.6) is 5.75 Å². The van der Waals surface area contributed by atoms with Crippen LogP contribution < -0.4 is 4.74 Å². The van der Waals surface area contributed by atoms with Crippen molar-refractivity contribution < 1.29 is 32.1 Å². The van der Waals surface area contributed by atoms with Gasteiger partial charge in [-0.3, -0.25) is 9.88 Å². The molecule has 0 aliphatic carbocycles. The van der Waals surface area contributed by atoms with Crippen LogP contribution in [-0.4, -0.2) is 79.5 Å². The normalized spacial score (nSPS) is 18.7. The fourth-order valence-electron chi connectivity index (χ4n) is 6.46. The first-order valence-electron chi connectivity index (χ1n) is 15.2. The molecular weight excluding hydrogens is 562 g/mol. The van der Waals surface area contributed by atoms with Crippen molar-refractivity contribution in [2.75, 3.05) is 59.7 Å². The number of benzene rings is 2. The van der Waals surface area contributed by atoms with Crippen LogP contribution in [0.1, 0.15) is 55.0 Å². The van der Waals surface area contributed by atoms with Crippen LogP contribution in [-0.2, 0) is 17.7 Å². The molecule has 234 valence electrons. The van der Waals surface area contributed by atoms with Crippen molar-refractivity contribution >= 4 is 10.9 Å². The minimum Gasteiger partial charge on any atom is -0.497 e. The molecular formula is C33H41F4N3O3. The van der Waals surface area contributed by atoms with Crippen LogP contribution in [0.3, 0.4) is 0 Å².